The van der Waals surface area contributed by atoms with Crippen LogP contribution in [0.3, 0.4) is 0 Å². The van der Waals surface area contributed by atoms with Crippen molar-refractivity contribution in [3.05, 3.63) is 59.4 Å². The van der Waals surface area contributed by atoms with Gasteiger partial charge in [0.25, 0.3) is 5.91 Å². The Morgan fingerprint density at radius 3 is 2.73 bits per heavy atom. The molecule has 0 radical (unpaired) electrons. The lowest BCUT2D eigenvalue weighted by molar-refractivity contribution is -0.128. The molecule has 2 aromatic rings. The summed E-state index contributed by atoms with van der Waals surface area (Å²) in [6.45, 7) is 3.77. The quantitative estimate of drug-likeness (QED) is 0.883. The van der Waals surface area contributed by atoms with Crippen LogP contribution in [0.5, 0.6) is 0 Å². The normalized spacial score (nSPS) is 19.9. The zero-order valence-electron chi connectivity index (χ0n) is 15.0. The molecule has 3 N–H and O–H groups in total. The Labute approximate surface area is 151 Å². The van der Waals surface area contributed by atoms with Crippen molar-refractivity contribution >= 4 is 23.5 Å². The van der Waals surface area contributed by atoms with E-state index in [1.165, 1.54) is 4.90 Å². The SMILES string of the molecule is Cc1ccc(C(=O)Nc2cccc([C@]3(C)CC(=O)N(C)C(N)=N3)c2)nc1. The fourth-order valence-electron chi connectivity index (χ4n) is 2.80. The molecule has 2 heterocycles. The number of nitrogens with two attached hydrogens (primary N) is 1. The van der Waals surface area contributed by atoms with Gasteiger partial charge in [0.15, 0.2) is 5.96 Å². The standard InChI is InChI=1S/C19H21N5O2/c1-12-7-8-15(21-11-12)17(26)22-14-6-4-5-13(9-14)19(2)10-16(25)24(3)18(20)23-19/h4-9,11H,10H2,1-3H3,(H2,20,23)(H,22,26)/t19-/m0/s1. The van der Waals surface area contributed by atoms with Crippen LogP contribution in [0.4, 0.5) is 5.69 Å². The van der Waals surface area contributed by atoms with E-state index in [2.05, 4.69) is 15.3 Å². The molecule has 0 bridgehead atoms. The van der Waals surface area contributed by atoms with E-state index in [0.717, 1.165) is 11.1 Å². The smallest absolute Gasteiger partial charge is 0.274 e. The van der Waals surface area contributed by atoms with Gasteiger partial charge in [-0.15, -0.1) is 0 Å². The Balaban J connectivity index is 1.85. The number of aryl methyl sites for hydroxylation is 1. The largest absolute Gasteiger partial charge is 0.369 e. The first-order valence-corrected chi connectivity index (χ1v) is 8.25. The number of aromatic nitrogens is 1. The monoisotopic (exact) mass is 351 g/mol. The highest BCUT2D eigenvalue weighted by molar-refractivity contribution is 6.03. The highest BCUT2D eigenvalue weighted by atomic mass is 16.2. The van der Waals surface area contributed by atoms with Crippen molar-refractivity contribution in [2.75, 3.05) is 12.4 Å². The lowest BCUT2D eigenvalue weighted by atomic mass is 9.87. The molecule has 7 heteroatoms. The molecule has 0 aliphatic carbocycles. The van der Waals surface area contributed by atoms with Gasteiger partial charge in [0.2, 0.25) is 5.91 Å². The highest BCUT2D eigenvalue weighted by Crippen LogP contribution is 2.34. The number of nitrogens with zero attached hydrogens (tertiary/aromatic N) is 3. The molecule has 3 rings (SSSR count). The van der Waals surface area contributed by atoms with Gasteiger partial charge in [-0.3, -0.25) is 19.5 Å². The summed E-state index contributed by atoms with van der Waals surface area (Å²) in [6, 6.07) is 10.8. The van der Waals surface area contributed by atoms with E-state index in [1.54, 1.807) is 25.4 Å². The fraction of sp³-hybridized carbons (Fsp3) is 0.263. The van der Waals surface area contributed by atoms with E-state index in [1.807, 2.05) is 38.1 Å². The third kappa shape index (κ3) is 3.42. The van der Waals surface area contributed by atoms with Crippen molar-refractivity contribution in [2.45, 2.75) is 25.8 Å². The number of rotatable bonds is 3. The number of hydrogen-bond acceptors (Lipinski definition) is 5. The second-order valence-corrected chi connectivity index (χ2v) is 6.63. The van der Waals surface area contributed by atoms with Gasteiger partial charge < -0.3 is 11.1 Å². The number of carbonyl (C=O) groups excluding carboxylic acids is 2. The molecule has 2 amide bonds. The van der Waals surface area contributed by atoms with Crippen molar-refractivity contribution in [2.24, 2.45) is 10.7 Å². The average Bonchev–Trinajstić information content (AvgIpc) is 2.60. The van der Waals surface area contributed by atoms with Gasteiger partial charge >= 0.3 is 0 Å². The zero-order valence-corrected chi connectivity index (χ0v) is 15.0. The Bertz CT molecular complexity index is 891. The molecule has 26 heavy (non-hydrogen) atoms. The van der Waals surface area contributed by atoms with Crippen LogP contribution >= 0.6 is 0 Å². The van der Waals surface area contributed by atoms with Crippen LogP contribution in [0.25, 0.3) is 0 Å². The van der Waals surface area contributed by atoms with Crippen LogP contribution in [0.2, 0.25) is 0 Å². The maximum absolute atomic E-state index is 12.4. The Hall–Kier alpha value is -3.22. The summed E-state index contributed by atoms with van der Waals surface area (Å²) in [5.74, 6) is -0.213. The van der Waals surface area contributed by atoms with E-state index >= 15 is 0 Å². The topological polar surface area (TPSA) is 101 Å². The van der Waals surface area contributed by atoms with Gasteiger partial charge in [0, 0.05) is 18.9 Å². The zero-order chi connectivity index (χ0) is 18.9. The van der Waals surface area contributed by atoms with Crippen molar-refractivity contribution in [1.29, 1.82) is 0 Å². The fourth-order valence-corrected chi connectivity index (χ4v) is 2.80. The lowest BCUT2D eigenvalue weighted by Crippen LogP contribution is -2.47. The number of amides is 2. The predicted octanol–water partition coefficient (Wildman–Crippen LogP) is 2.03. The van der Waals surface area contributed by atoms with E-state index in [4.69, 9.17) is 5.73 Å². The molecular weight excluding hydrogens is 330 g/mol. The van der Waals surface area contributed by atoms with Crippen LogP contribution in [-0.2, 0) is 10.3 Å². The summed E-state index contributed by atoms with van der Waals surface area (Å²) in [7, 11) is 1.60. The van der Waals surface area contributed by atoms with Gasteiger partial charge in [-0.2, -0.15) is 0 Å². The van der Waals surface area contributed by atoms with Gasteiger partial charge in [-0.25, -0.2) is 4.99 Å². The first kappa shape index (κ1) is 17.6. The molecule has 0 saturated heterocycles. The Morgan fingerprint density at radius 2 is 2.08 bits per heavy atom. The van der Waals surface area contributed by atoms with Crippen LogP contribution in [0.1, 0.15) is 35.0 Å². The Kier molecular flexibility index (Phi) is 4.46. The van der Waals surface area contributed by atoms with Gasteiger partial charge in [-0.05, 0) is 43.2 Å². The molecule has 7 nitrogen and oxygen atoms in total. The van der Waals surface area contributed by atoms with Crippen molar-refractivity contribution in [3.63, 3.8) is 0 Å². The van der Waals surface area contributed by atoms with E-state index in [9.17, 15) is 9.59 Å². The van der Waals surface area contributed by atoms with Crippen molar-refractivity contribution in [1.82, 2.24) is 9.88 Å². The van der Waals surface area contributed by atoms with Crippen LogP contribution in [-0.4, -0.2) is 34.7 Å². The van der Waals surface area contributed by atoms with Gasteiger partial charge in [0.05, 0.1) is 12.0 Å². The predicted molar refractivity (Wildman–Crippen MR) is 99.7 cm³/mol. The summed E-state index contributed by atoms with van der Waals surface area (Å²) >= 11 is 0. The minimum absolute atomic E-state index is 0.0988. The highest BCUT2D eigenvalue weighted by Gasteiger charge is 2.36. The summed E-state index contributed by atoms with van der Waals surface area (Å²) in [6.07, 6.45) is 1.86. The third-order valence-electron chi connectivity index (χ3n) is 4.46. The number of benzene rings is 1. The van der Waals surface area contributed by atoms with Gasteiger partial charge in [0.1, 0.15) is 5.69 Å². The molecule has 0 fully saturated rings. The minimum atomic E-state index is -0.767. The molecule has 1 aromatic carbocycles. The lowest BCUT2D eigenvalue weighted by Gasteiger charge is -2.33. The number of guanidine groups is 1. The molecule has 134 valence electrons. The van der Waals surface area contributed by atoms with Crippen LogP contribution in [0, 0.1) is 6.92 Å². The first-order valence-electron chi connectivity index (χ1n) is 8.25. The Morgan fingerprint density at radius 1 is 1.31 bits per heavy atom. The number of aliphatic imine (C=N–C) groups is 1. The molecule has 0 saturated carbocycles. The second kappa shape index (κ2) is 6.59. The first-order chi connectivity index (χ1) is 12.3. The number of pyridine rings is 1. The molecule has 1 aliphatic rings. The second-order valence-electron chi connectivity index (χ2n) is 6.63. The summed E-state index contributed by atoms with van der Waals surface area (Å²) in [5.41, 5.74) is 7.83. The van der Waals surface area contributed by atoms with E-state index in [0.29, 0.717) is 11.4 Å². The number of hydrogen-bond donors (Lipinski definition) is 2. The average molecular weight is 351 g/mol. The molecule has 0 unspecified atom stereocenters. The maximum Gasteiger partial charge on any atom is 0.274 e. The molecule has 0 spiro atoms. The maximum atomic E-state index is 12.4. The van der Waals surface area contributed by atoms with Crippen molar-refractivity contribution < 1.29 is 9.59 Å². The molecule has 1 aliphatic heterocycles. The minimum Gasteiger partial charge on any atom is -0.369 e. The number of anilines is 1. The number of carbonyl (C=O) groups is 2. The molecule has 1 atom stereocenters. The van der Waals surface area contributed by atoms with Crippen LogP contribution in [0.15, 0.2) is 47.6 Å². The van der Waals surface area contributed by atoms with Crippen LogP contribution < -0.4 is 11.1 Å². The third-order valence-corrected chi connectivity index (χ3v) is 4.46. The molecule has 1 aromatic heterocycles. The van der Waals surface area contributed by atoms with E-state index in [-0.39, 0.29) is 24.2 Å². The van der Waals surface area contributed by atoms with E-state index < -0.39 is 5.54 Å². The van der Waals surface area contributed by atoms with Gasteiger partial charge in [-0.1, -0.05) is 18.2 Å². The summed E-state index contributed by atoms with van der Waals surface area (Å²) in [4.78, 5) is 34.5. The van der Waals surface area contributed by atoms with Crippen molar-refractivity contribution in [3.8, 4) is 0 Å². The number of nitrogens with one attached hydrogen (secondary N) is 1. The summed E-state index contributed by atoms with van der Waals surface area (Å²) < 4.78 is 0. The molecular formula is C19H21N5O2. The summed E-state index contributed by atoms with van der Waals surface area (Å²) in [5, 5.41) is 2.83.